The van der Waals surface area contributed by atoms with Crippen molar-refractivity contribution in [3.8, 4) is 5.75 Å². The van der Waals surface area contributed by atoms with Crippen molar-refractivity contribution < 1.29 is 18.3 Å². The van der Waals surface area contributed by atoms with E-state index in [1.54, 1.807) is 6.07 Å². The zero-order chi connectivity index (χ0) is 12.5. The lowest BCUT2D eigenvalue weighted by atomic mass is 10.1. The van der Waals surface area contributed by atoms with E-state index in [1.165, 1.54) is 17.2 Å². The molecule has 0 aliphatic carbocycles. The van der Waals surface area contributed by atoms with Gasteiger partial charge in [-0.25, -0.2) is 13.8 Å². The molecule has 1 aliphatic heterocycles. The van der Waals surface area contributed by atoms with Gasteiger partial charge >= 0.3 is 0 Å². The molecule has 1 aliphatic rings. The van der Waals surface area contributed by atoms with Crippen LogP contribution in [0.3, 0.4) is 0 Å². The van der Waals surface area contributed by atoms with Gasteiger partial charge in [0.2, 0.25) is 5.56 Å². The van der Waals surface area contributed by atoms with Gasteiger partial charge in [0.25, 0.3) is 5.92 Å². The zero-order valence-electron chi connectivity index (χ0n) is 8.65. The van der Waals surface area contributed by atoms with E-state index in [2.05, 4.69) is 4.98 Å². The number of carbonyl (C=O) groups excluding carboxylic acids is 1. The Morgan fingerprint density at radius 2 is 2.24 bits per heavy atom. The number of halogens is 3. The van der Waals surface area contributed by atoms with Crippen LogP contribution in [0, 0.1) is 0 Å². The number of nitrogens with zero attached hydrogens (tertiary/aromatic N) is 2. The van der Waals surface area contributed by atoms with Crippen molar-refractivity contribution in [1.29, 1.82) is 0 Å². The fraction of sp³-hybridized carbons (Fsp3) is 0.400. The second kappa shape index (κ2) is 4.44. The van der Waals surface area contributed by atoms with Crippen LogP contribution in [-0.4, -0.2) is 35.8 Å². The molecule has 92 valence electrons. The first-order chi connectivity index (χ1) is 8.00. The summed E-state index contributed by atoms with van der Waals surface area (Å²) in [4.78, 5) is 15.6. The Hall–Kier alpha value is -1.43. The van der Waals surface area contributed by atoms with Crippen LogP contribution in [0.15, 0.2) is 18.3 Å². The van der Waals surface area contributed by atoms with E-state index in [-0.39, 0.29) is 13.1 Å². The molecular formula is C10H9ClF2N2O2. The fourth-order valence-corrected chi connectivity index (χ4v) is 1.56. The highest BCUT2D eigenvalue weighted by atomic mass is 35.5. The summed E-state index contributed by atoms with van der Waals surface area (Å²) in [6, 6.07) is 3.07. The maximum absolute atomic E-state index is 12.6. The predicted molar refractivity (Wildman–Crippen MR) is 57.7 cm³/mol. The van der Waals surface area contributed by atoms with Crippen molar-refractivity contribution in [1.82, 2.24) is 4.98 Å². The molecule has 0 aromatic carbocycles. The SMILES string of the molecule is O=CC(Cl)Oc1ccc(N2CC(F)(F)C2)nc1. The van der Waals surface area contributed by atoms with Gasteiger partial charge in [0.15, 0.2) is 6.29 Å². The number of alkyl halides is 3. The molecule has 0 radical (unpaired) electrons. The van der Waals surface area contributed by atoms with E-state index in [4.69, 9.17) is 16.3 Å². The summed E-state index contributed by atoms with van der Waals surface area (Å²) in [5, 5.41) is 0. The van der Waals surface area contributed by atoms with Gasteiger partial charge in [0, 0.05) is 0 Å². The fourth-order valence-electron chi connectivity index (χ4n) is 1.46. The first kappa shape index (κ1) is 12.0. The largest absolute Gasteiger partial charge is 0.466 e. The zero-order valence-corrected chi connectivity index (χ0v) is 9.40. The van der Waals surface area contributed by atoms with Gasteiger partial charge in [0.05, 0.1) is 19.3 Å². The summed E-state index contributed by atoms with van der Waals surface area (Å²) in [6.07, 6.45) is 1.77. The number of ether oxygens (including phenoxy) is 1. The van der Waals surface area contributed by atoms with Gasteiger partial charge in [-0.3, -0.25) is 4.79 Å². The van der Waals surface area contributed by atoms with E-state index in [1.807, 2.05) is 0 Å². The summed E-state index contributed by atoms with van der Waals surface area (Å²) in [6.45, 7) is -0.653. The van der Waals surface area contributed by atoms with Gasteiger partial charge in [-0.1, -0.05) is 11.6 Å². The van der Waals surface area contributed by atoms with E-state index in [9.17, 15) is 13.6 Å². The number of aldehydes is 1. The lowest BCUT2D eigenvalue weighted by Crippen LogP contribution is -2.56. The number of carbonyl (C=O) groups is 1. The smallest absolute Gasteiger partial charge is 0.282 e. The molecule has 0 N–H and O–H groups in total. The normalized spacial score (nSPS) is 19.4. The number of hydrogen-bond acceptors (Lipinski definition) is 4. The quantitative estimate of drug-likeness (QED) is 0.612. The summed E-state index contributed by atoms with van der Waals surface area (Å²) < 4.78 is 30.2. The third-order valence-electron chi connectivity index (χ3n) is 2.24. The van der Waals surface area contributed by atoms with Crippen LogP contribution < -0.4 is 9.64 Å². The second-order valence-electron chi connectivity index (χ2n) is 3.67. The van der Waals surface area contributed by atoms with Gasteiger partial charge in [-0.05, 0) is 12.1 Å². The Bertz CT molecular complexity index is 405. The molecule has 4 nitrogen and oxygen atoms in total. The first-order valence-electron chi connectivity index (χ1n) is 4.85. The standard InChI is InChI=1S/C10H9ClF2N2O2/c11-8(4-16)17-7-1-2-9(14-3-7)15-5-10(12,13)6-15/h1-4,8H,5-6H2. The highest BCUT2D eigenvalue weighted by molar-refractivity contribution is 6.26. The van der Waals surface area contributed by atoms with Crippen molar-refractivity contribution in [2.75, 3.05) is 18.0 Å². The van der Waals surface area contributed by atoms with E-state index in [0.717, 1.165) is 0 Å². The summed E-state index contributed by atoms with van der Waals surface area (Å²) in [7, 11) is 0. The average molecular weight is 263 g/mol. The van der Waals surface area contributed by atoms with Crippen LogP contribution in [0.5, 0.6) is 5.75 Å². The molecule has 1 fully saturated rings. The number of pyridine rings is 1. The van der Waals surface area contributed by atoms with Crippen molar-refractivity contribution >= 4 is 23.7 Å². The molecular weight excluding hydrogens is 254 g/mol. The maximum atomic E-state index is 12.6. The molecule has 0 bridgehead atoms. The number of aromatic nitrogens is 1. The molecule has 0 amide bonds. The average Bonchev–Trinajstić information content (AvgIpc) is 2.27. The minimum Gasteiger partial charge on any atom is -0.466 e. The topological polar surface area (TPSA) is 42.4 Å². The highest BCUT2D eigenvalue weighted by Gasteiger charge is 2.44. The van der Waals surface area contributed by atoms with Crippen molar-refractivity contribution in [3.05, 3.63) is 18.3 Å². The number of rotatable bonds is 4. The summed E-state index contributed by atoms with van der Waals surface area (Å²) >= 11 is 5.45. The molecule has 2 rings (SSSR count). The molecule has 1 saturated heterocycles. The van der Waals surface area contributed by atoms with Crippen LogP contribution in [0.25, 0.3) is 0 Å². The Morgan fingerprint density at radius 3 is 2.71 bits per heavy atom. The minimum atomic E-state index is -2.63. The number of hydrogen-bond donors (Lipinski definition) is 0. The van der Waals surface area contributed by atoms with E-state index < -0.39 is 11.5 Å². The summed E-state index contributed by atoms with van der Waals surface area (Å²) in [5.41, 5.74) is -1.07. The number of anilines is 1. The Morgan fingerprint density at radius 1 is 1.53 bits per heavy atom. The van der Waals surface area contributed by atoms with Crippen LogP contribution in [0.4, 0.5) is 14.6 Å². The first-order valence-corrected chi connectivity index (χ1v) is 5.29. The molecule has 1 aromatic heterocycles. The van der Waals surface area contributed by atoms with Gasteiger partial charge < -0.3 is 9.64 Å². The second-order valence-corrected chi connectivity index (χ2v) is 4.10. The van der Waals surface area contributed by atoms with Crippen LogP contribution >= 0.6 is 11.6 Å². The van der Waals surface area contributed by atoms with Crippen molar-refractivity contribution in [3.63, 3.8) is 0 Å². The van der Waals surface area contributed by atoms with Crippen molar-refractivity contribution in [2.45, 2.75) is 11.5 Å². The molecule has 1 aromatic rings. The third-order valence-corrected chi connectivity index (χ3v) is 2.44. The van der Waals surface area contributed by atoms with E-state index in [0.29, 0.717) is 17.9 Å². The monoisotopic (exact) mass is 262 g/mol. The van der Waals surface area contributed by atoms with Crippen LogP contribution in [-0.2, 0) is 4.79 Å². The molecule has 0 saturated carbocycles. The maximum Gasteiger partial charge on any atom is 0.282 e. The molecule has 0 spiro atoms. The molecule has 17 heavy (non-hydrogen) atoms. The third kappa shape index (κ3) is 2.82. The molecule has 1 unspecified atom stereocenters. The highest BCUT2D eigenvalue weighted by Crippen LogP contribution is 2.31. The Kier molecular flexibility index (Phi) is 3.15. The molecule has 1 atom stereocenters. The minimum absolute atomic E-state index is 0.313. The van der Waals surface area contributed by atoms with Crippen LogP contribution in [0.2, 0.25) is 0 Å². The van der Waals surface area contributed by atoms with Crippen molar-refractivity contribution in [2.24, 2.45) is 0 Å². The lowest BCUT2D eigenvalue weighted by Gasteiger charge is -2.39. The van der Waals surface area contributed by atoms with Crippen LogP contribution in [0.1, 0.15) is 0 Å². The Labute approximate surface area is 101 Å². The van der Waals surface area contributed by atoms with Gasteiger partial charge in [0.1, 0.15) is 11.6 Å². The molecule has 2 heterocycles. The predicted octanol–water partition coefficient (Wildman–Crippen LogP) is 1.68. The lowest BCUT2D eigenvalue weighted by molar-refractivity contribution is -0.111. The van der Waals surface area contributed by atoms with E-state index >= 15 is 0 Å². The molecule has 7 heteroatoms. The summed E-state index contributed by atoms with van der Waals surface area (Å²) in [5.74, 6) is -1.87. The van der Waals surface area contributed by atoms with Gasteiger partial charge in [-0.15, -0.1) is 0 Å². The van der Waals surface area contributed by atoms with Gasteiger partial charge in [-0.2, -0.15) is 0 Å². The Balaban J connectivity index is 1.97.